The predicted molar refractivity (Wildman–Crippen MR) is 79.9 cm³/mol. The van der Waals surface area contributed by atoms with E-state index in [0.29, 0.717) is 11.6 Å². The number of benzene rings is 1. The number of anilines is 1. The molecule has 0 radical (unpaired) electrons. The minimum absolute atomic E-state index is 0.280. The summed E-state index contributed by atoms with van der Waals surface area (Å²) in [5, 5.41) is 2.54. The first-order valence-corrected chi connectivity index (χ1v) is 6.55. The number of hydrogen-bond acceptors (Lipinski definition) is 3. The van der Waals surface area contributed by atoms with Crippen LogP contribution in [0.1, 0.15) is 11.1 Å². The Bertz CT molecular complexity index is 710. The normalized spacial score (nSPS) is 11.5. The van der Waals surface area contributed by atoms with Gasteiger partial charge in [-0.1, -0.05) is 12.1 Å². The molecule has 2 rings (SSSR count). The van der Waals surface area contributed by atoms with Crippen molar-refractivity contribution in [2.45, 2.75) is 6.18 Å². The molecule has 1 heterocycles. The number of pyridine rings is 1. The lowest BCUT2D eigenvalue weighted by Crippen LogP contribution is -2.08. The van der Waals surface area contributed by atoms with E-state index in [1.807, 2.05) is 0 Å². The van der Waals surface area contributed by atoms with Gasteiger partial charge in [-0.05, 0) is 29.8 Å². The molecule has 1 aromatic heterocycles. The molecule has 0 bridgehead atoms. The van der Waals surface area contributed by atoms with Crippen LogP contribution in [0.5, 0.6) is 5.88 Å². The average Bonchev–Trinajstić information content (AvgIpc) is 2.53. The Morgan fingerprint density at radius 2 is 2.04 bits per heavy atom. The Morgan fingerprint density at radius 1 is 1.26 bits per heavy atom. The fourth-order valence-corrected chi connectivity index (χ4v) is 1.75. The topological polar surface area (TPSA) is 51.2 Å². The summed E-state index contributed by atoms with van der Waals surface area (Å²) in [4.78, 5) is 15.7. The maximum atomic E-state index is 12.6. The molecule has 1 N–H and O–H groups in total. The van der Waals surface area contributed by atoms with Gasteiger partial charge in [0.15, 0.2) is 0 Å². The largest absolute Gasteiger partial charge is 0.481 e. The summed E-state index contributed by atoms with van der Waals surface area (Å²) in [6.07, 6.45) is -0.545. The van der Waals surface area contributed by atoms with Gasteiger partial charge in [0.25, 0.3) is 0 Å². The molecule has 7 heteroatoms. The summed E-state index contributed by atoms with van der Waals surface area (Å²) < 4.78 is 42.7. The van der Waals surface area contributed by atoms with E-state index >= 15 is 0 Å². The molecular formula is C16H13F3N2O2. The molecule has 2 aromatic rings. The highest BCUT2D eigenvalue weighted by molar-refractivity contribution is 6.01. The molecule has 0 aliphatic carbocycles. The number of rotatable bonds is 4. The fourth-order valence-electron chi connectivity index (χ4n) is 1.75. The number of ether oxygens (including phenoxy) is 1. The number of alkyl halides is 3. The Morgan fingerprint density at radius 3 is 2.65 bits per heavy atom. The first-order valence-electron chi connectivity index (χ1n) is 6.55. The van der Waals surface area contributed by atoms with Crippen molar-refractivity contribution in [3.63, 3.8) is 0 Å². The number of carbonyl (C=O) groups is 1. The predicted octanol–water partition coefficient (Wildman–Crippen LogP) is 3.76. The second-order valence-electron chi connectivity index (χ2n) is 4.54. The number of halogens is 3. The van der Waals surface area contributed by atoms with Crippen LogP contribution in [0.25, 0.3) is 6.08 Å². The van der Waals surface area contributed by atoms with Crippen molar-refractivity contribution in [1.82, 2.24) is 4.98 Å². The summed E-state index contributed by atoms with van der Waals surface area (Å²) in [5.41, 5.74) is -0.0354. The van der Waals surface area contributed by atoms with E-state index in [9.17, 15) is 18.0 Å². The SMILES string of the molecule is COc1ccc(NC(=O)/C=C/c2cccc(C(F)(F)F)c2)cn1. The van der Waals surface area contributed by atoms with Gasteiger partial charge in [0.1, 0.15) is 0 Å². The average molecular weight is 322 g/mol. The lowest BCUT2D eigenvalue weighted by Gasteiger charge is -2.06. The van der Waals surface area contributed by atoms with Gasteiger partial charge in [0, 0.05) is 12.1 Å². The molecule has 0 aliphatic heterocycles. The van der Waals surface area contributed by atoms with Gasteiger partial charge >= 0.3 is 6.18 Å². The number of amides is 1. The molecule has 0 saturated carbocycles. The van der Waals surface area contributed by atoms with E-state index in [1.54, 1.807) is 12.1 Å². The summed E-state index contributed by atoms with van der Waals surface area (Å²) in [6.45, 7) is 0. The standard InChI is InChI=1S/C16H13F3N2O2/c1-23-15-8-6-13(10-20-15)21-14(22)7-5-11-3-2-4-12(9-11)16(17,18)19/h2-10H,1H3,(H,21,22)/b7-5+. The molecule has 120 valence electrons. The van der Waals surface area contributed by atoms with Crippen molar-refractivity contribution in [2.24, 2.45) is 0 Å². The number of nitrogens with zero attached hydrogens (tertiary/aromatic N) is 1. The Labute approximate surface area is 130 Å². The number of carbonyl (C=O) groups excluding carboxylic acids is 1. The van der Waals surface area contributed by atoms with Crippen LogP contribution in [0, 0.1) is 0 Å². The smallest absolute Gasteiger partial charge is 0.416 e. The zero-order valence-corrected chi connectivity index (χ0v) is 12.1. The van der Waals surface area contributed by atoms with Crippen molar-refractivity contribution < 1.29 is 22.7 Å². The minimum Gasteiger partial charge on any atom is -0.481 e. The number of methoxy groups -OCH3 is 1. The fraction of sp³-hybridized carbons (Fsp3) is 0.125. The molecule has 23 heavy (non-hydrogen) atoms. The maximum absolute atomic E-state index is 12.6. The van der Waals surface area contributed by atoms with E-state index in [0.717, 1.165) is 18.2 Å². The molecule has 0 aliphatic rings. The second-order valence-corrected chi connectivity index (χ2v) is 4.54. The third-order valence-corrected chi connectivity index (χ3v) is 2.85. The third-order valence-electron chi connectivity index (χ3n) is 2.85. The highest BCUT2D eigenvalue weighted by Gasteiger charge is 2.30. The minimum atomic E-state index is -4.42. The van der Waals surface area contributed by atoms with Crippen LogP contribution in [0.15, 0.2) is 48.7 Å². The zero-order chi connectivity index (χ0) is 16.9. The molecule has 0 unspecified atom stereocenters. The second kappa shape index (κ2) is 6.95. The lowest BCUT2D eigenvalue weighted by molar-refractivity contribution is -0.137. The van der Waals surface area contributed by atoms with Gasteiger partial charge in [-0.25, -0.2) is 4.98 Å². The summed E-state index contributed by atoms with van der Waals surface area (Å²) in [6, 6.07) is 7.88. The van der Waals surface area contributed by atoms with Crippen LogP contribution < -0.4 is 10.1 Å². The van der Waals surface area contributed by atoms with Gasteiger partial charge in [0.2, 0.25) is 11.8 Å². The molecule has 1 aromatic carbocycles. The van der Waals surface area contributed by atoms with Crippen molar-refractivity contribution in [3.05, 3.63) is 59.8 Å². The molecule has 4 nitrogen and oxygen atoms in total. The van der Waals surface area contributed by atoms with Gasteiger partial charge in [-0.15, -0.1) is 0 Å². The Balaban J connectivity index is 2.03. The molecule has 0 fully saturated rings. The lowest BCUT2D eigenvalue weighted by atomic mass is 10.1. The van der Waals surface area contributed by atoms with Gasteiger partial charge in [-0.3, -0.25) is 4.79 Å². The van der Waals surface area contributed by atoms with Crippen LogP contribution in [0.3, 0.4) is 0 Å². The maximum Gasteiger partial charge on any atom is 0.416 e. The molecule has 0 atom stereocenters. The van der Waals surface area contributed by atoms with Gasteiger partial charge in [-0.2, -0.15) is 13.2 Å². The first-order chi connectivity index (χ1) is 10.9. The van der Waals surface area contributed by atoms with Crippen LogP contribution >= 0.6 is 0 Å². The third kappa shape index (κ3) is 4.84. The number of hydrogen-bond donors (Lipinski definition) is 1. The van der Waals surface area contributed by atoms with Gasteiger partial charge < -0.3 is 10.1 Å². The van der Waals surface area contributed by atoms with E-state index in [2.05, 4.69) is 10.3 Å². The van der Waals surface area contributed by atoms with Crippen molar-refractivity contribution in [2.75, 3.05) is 12.4 Å². The zero-order valence-electron chi connectivity index (χ0n) is 12.1. The van der Waals surface area contributed by atoms with E-state index in [1.165, 1.54) is 31.5 Å². The van der Waals surface area contributed by atoms with Crippen molar-refractivity contribution >= 4 is 17.7 Å². The molecule has 0 spiro atoms. The van der Waals surface area contributed by atoms with E-state index in [-0.39, 0.29) is 5.56 Å². The van der Waals surface area contributed by atoms with E-state index < -0.39 is 17.6 Å². The Hall–Kier alpha value is -2.83. The molecule has 1 amide bonds. The quantitative estimate of drug-likeness (QED) is 0.872. The van der Waals surface area contributed by atoms with Gasteiger partial charge in [0.05, 0.1) is 24.6 Å². The van der Waals surface area contributed by atoms with Crippen LogP contribution in [-0.4, -0.2) is 18.0 Å². The monoisotopic (exact) mass is 322 g/mol. The van der Waals surface area contributed by atoms with Crippen LogP contribution in [-0.2, 0) is 11.0 Å². The van der Waals surface area contributed by atoms with Crippen molar-refractivity contribution in [1.29, 1.82) is 0 Å². The van der Waals surface area contributed by atoms with E-state index in [4.69, 9.17) is 4.74 Å². The first kappa shape index (κ1) is 16.5. The van der Waals surface area contributed by atoms with Crippen LogP contribution in [0.2, 0.25) is 0 Å². The Kier molecular flexibility index (Phi) is 5.00. The summed E-state index contributed by atoms with van der Waals surface area (Å²) in [7, 11) is 1.47. The molecular weight excluding hydrogens is 309 g/mol. The highest BCUT2D eigenvalue weighted by Crippen LogP contribution is 2.29. The van der Waals surface area contributed by atoms with Crippen molar-refractivity contribution in [3.8, 4) is 5.88 Å². The van der Waals surface area contributed by atoms with Crippen LogP contribution in [0.4, 0.5) is 18.9 Å². The summed E-state index contributed by atoms with van der Waals surface area (Å²) in [5.74, 6) is -0.0723. The molecule has 0 saturated heterocycles. The number of aromatic nitrogens is 1. The summed E-state index contributed by atoms with van der Waals surface area (Å²) >= 11 is 0. The highest BCUT2D eigenvalue weighted by atomic mass is 19.4. The number of nitrogens with one attached hydrogen (secondary N) is 1.